The Bertz CT molecular complexity index is 350. The first kappa shape index (κ1) is 10.5. The summed E-state index contributed by atoms with van der Waals surface area (Å²) in [7, 11) is 0. The van der Waals surface area contributed by atoms with Crippen molar-refractivity contribution < 1.29 is 14.7 Å². The molecule has 1 rings (SSSR count). The summed E-state index contributed by atoms with van der Waals surface area (Å²) in [4.78, 5) is 26.0. The zero-order valence-electron chi connectivity index (χ0n) is 7.40. The number of carbonyl (C=O) groups excluding carboxylic acids is 1. The highest BCUT2D eigenvalue weighted by atomic mass is 32.1. The first-order valence-electron chi connectivity index (χ1n) is 3.77. The van der Waals surface area contributed by atoms with Gasteiger partial charge in [-0.15, -0.1) is 11.3 Å². The molecule has 0 aliphatic rings. The summed E-state index contributed by atoms with van der Waals surface area (Å²) >= 11 is 1.32. The summed E-state index contributed by atoms with van der Waals surface area (Å²) in [6.07, 6.45) is 1.62. The number of hydrogen-bond donors (Lipinski definition) is 3. The van der Waals surface area contributed by atoms with E-state index in [1.807, 2.05) is 6.92 Å². The fraction of sp³-hybridized carbons (Fsp3) is 0.286. The zero-order chi connectivity index (χ0) is 10.6. The minimum absolute atomic E-state index is 0.407. The van der Waals surface area contributed by atoms with E-state index in [4.69, 9.17) is 5.11 Å². The molecular weight excluding hydrogens is 206 g/mol. The van der Waals surface area contributed by atoms with E-state index in [0.29, 0.717) is 5.13 Å². The van der Waals surface area contributed by atoms with E-state index in [2.05, 4.69) is 15.6 Å². The van der Waals surface area contributed by atoms with E-state index in [9.17, 15) is 9.59 Å². The third-order valence-electron chi connectivity index (χ3n) is 1.24. The van der Waals surface area contributed by atoms with Gasteiger partial charge in [0.1, 0.15) is 6.54 Å². The molecule has 76 valence electrons. The van der Waals surface area contributed by atoms with Gasteiger partial charge in [0.05, 0.1) is 0 Å². The lowest BCUT2D eigenvalue weighted by Gasteiger charge is -2.01. The standard InChI is InChI=1S/C7H9N3O3S/c1-4-2-9-7(14-4)10-6(13)8-3-5(11)12/h2H,3H2,1H3,(H,11,12)(H2,8,9,10,13). The Hall–Kier alpha value is -1.63. The maximum atomic E-state index is 11.0. The zero-order valence-corrected chi connectivity index (χ0v) is 8.22. The molecule has 0 spiro atoms. The van der Waals surface area contributed by atoms with Crippen molar-refractivity contribution in [1.29, 1.82) is 0 Å². The second kappa shape index (κ2) is 4.56. The summed E-state index contributed by atoms with van der Waals surface area (Å²) in [5.74, 6) is -1.09. The SMILES string of the molecule is Cc1cnc(NC(=O)NCC(=O)O)s1. The molecule has 0 fully saturated rings. The molecule has 2 amide bonds. The summed E-state index contributed by atoms with van der Waals surface area (Å²) in [5.41, 5.74) is 0. The summed E-state index contributed by atoms with van der Waals surface area (Å²) in [5, 5.41) is 13.3. The Labute approximate surface area is 84.0 Å². The molecule has 3 N–H and O–H groups in total. The first-order valence-corrected chi connectivity index (χ1v) is 4.58. The van der Waals surface area contributed by atoms with E-state index in [0.717, 1.165) is 4.88 Å². The molecule has 1 aromatic rings. The predicted molar refractivity (Wildman–Crippen MR) is 51.5 cm³/mol. The van der Waals surface area contributed by atoms with Crippen molar-refractivity contribution in [2.75, 3.05) is 11.9 Å². The third-order valence-corrected chi connectivity index (χ3v) is 2.07. The smallest absolute Gasteiger partial charge is 0.323 e. The minimum atomic E-state index is -1.09. The van der Waals surface area contributed by atoms with Crippen molar-refractivity contribution >= 4 is 28.5 Å². The normalized spacial score (nSPS) is 9.50. The number of carbonyl (C=O) groups is 2. The predicted octanol–water partition coefficient (Wildman–Crippen LogP) is 0.658. The molecular formula is C7H9N3O3S. The average Bonchev–Trinajstić information content (AvgIpc) is 2.48. The summed E-state index contributed by atoms with van der Waals surface area (Å²) in [6.45, 7) is 1.45. The number of rotatable bonds is 3. The molecule has 0 aliphatic heterocycles. The largest absolute Gasteiger partial charge is 0.480 e. The number of amides is 2. The fourth-order valence-electron chi connectivity index (χ4n) is 0.710. The van der Waals surface area contributed by atoms with Crippen LogP contribution in [0.1, 0.15) is 4.88 Å². The number of aryl methyl sites for hydroxylation is 1. The second-order valence-corrected chi connectivity index (χ2v) is 3.71. The molecule has 0 atom stereocenters. The lowest BCUT2D eigenvalue weighted by molar-refractivity contribution is -0.135. The number of aliphatic carboxylic acids is 1. The molecule has 0 saturated carbocycles. The molecule has 1 heterocycles. The molecule has 14 heavy (non-hydrogen) atoms. The topological polar surface area (TPSA) is 91.3 Å². The average molecular weight is 215 g/mol. The van der Waals surface area contributed by atoms with Crippen LogP contribution in [0, 0.1) is 6.92 Å². The van der Waals surface area contributed by atoms with Crippen LogP contribution in [0.2, 0.25) is 0 Å². The molecule has 7 heteroatoms. The van der Waals surface area contributed by atoms with Gasteiger partial charge in [0.15, 0.2) is 5.13 Å². The van der Waals surface area contributed by atoms with Gasteiger partial charge < -0.3 is 10.4 Å². The number of aromatic nitrogens is 1. The molecule has 0 radical (unpaired) electrons. The number of hydrogen-bond acceptors (Lipinski definition) is 4. The molecule has 0 aliphatic carbocycles. The Balaban J connectivity index is 2.37. The van der Waals surface area contributed by atoms with Crippen LogP contribution in [-0.4, -0.2) is 28.6 Å². The van der Waals surface area contributed by atoms with Gasteiger partial charge in [0.2, 0.25) is 0 Å². The van der Waals surface area contributed by atoms with E-state index >= 15 is 0 Å². The van der Waals surface area contributed by atoms with Crippen LogP contribution in [0.4, 0.5) is 9.93 Å². The van der Waals surface area contributed by atoms with Gasteiger partial charge in [0.25, 0.3) is 0 Å². The molecule has 0 bridgehead atoms. The van der Waals surface area contributed by atoms with Crippen molar-refractivity contribution in [2.24, 2.45) is 0 Å². The van der Waals surface area contributed by atoms with E-state index in [1.165, 1.54) is 11.3 Å². The molecule has 0 unspecified atom stereocenters. The fourth-order valence-corrected chi connectivity index (χ4v) is 1.37. The van der Waals surface area contributed by atoms with Crippen LogP contribution in [0.15, 0.2) is 6.20 Å². The molecule has 0 saturated heterocycles. The molecule has 6 nitrogen and oxygen atoms in total. The van der Waals surface area contributed by atoms with Crippen LogP contribution < -0.4 is 10.6 Å². The van der Waals surface area contributed by atoms with Gasteiger partial charge in [-0.05, 0) is 6.92 Å². The van der Waals surface area contributed by atoms with E-state index < -0.39 is 18.5 Å². The van der Waals surface area contributed by atoms with E-state index in [1.54, 1.807) is 6.20 Å². The number of carboxylic acid groups (broad SMARTS) is 1. The number of nitrogens with zero attached hydrogens (tertiary/aromatic N) is 1. The number of anilines is 1. The highest BCUT2D eigenvalue weighted by Crippen LogP contribution is 2.15. The maximum absolute atomic E-state index is 11.0. The van der Waals surface area contributed by atoms with Crippen LogP contribution in [0.5, 0.6) is 0 Å². The van der Waals surface area contributed by atoms with Gasteiger partial charge in [-0.1, -0.05) is 0 Å². The second-order valence-electron chi connectivity index (χ2n) is 2.48. The Kier molecular flexibility index (Phi) is 3.41. The quantitative estimate of drug-likeness (QED) is 0.690. The molecule has 1 aromatic heterocycles. The van der Waals surface area contributed by atoms with Crippen LogP contribution in [0.3, 0.4) is 0 Å². The lowest BCUT2D eigenvalue weighted by atomic mass is 10.6. The summed E-state index contributed by atoms with van der Waals surface area (Å²) in [6, 6.07) is -0.568. The number of thiazole rings is 1. The highest BCUT2D eigenvalue weighted by molar-refractivity contribution is 7.15. The number of carboxylic acids is 1. The number of nitrogens with one attached hydrogen (secondary N) is 2. The first-order chi connectivity index (χ1) is 6.58. The van der Waals surface area contributed by atoms with Crippen LogP contribution in [-0.2, 0) is 4.79 Å². The Morgan fingerprint density at radius 2 is 2.36 bits per heavy atom. The maximum Gasteiger partial charge on any atom is 0.323 e. The minimum Gasteiger partial charge on any atom is -0.480 e. The highest BCUT2D eigenvalue weighted by Gasteiger charge is 2.05. The van der Waals surface area contributed by atoms with Crippen LogP contribution >= 0.6 is 11.3 Å². The number of urea groups is 1. The Morgan fingerprint density at radius 3 is 2.86 bits per heavy atom. The van der Waals surface area contributed by atoms with Gasteiger partial charge in [-0.2, -0.15) is 0 Å². The molecule has 0 aromatic carbocycles. The van der Waals surface area contributed by atoms with Crippen molar-refractivity contribution in [3.63, 3.8) is 0 Å². The van der Waals surface area contributed by atoms with Crippen molar-refractivity contribution in [3.8, 4) is 0 Å². The third kappa shape index (κ3) is 3.40. The van der Waals surface area contributed by atoms with Crippen molar-refractivity contribution in [3.05, 3.63) is 11.1 Å². The van der Waals surface area contributed by atoms with Crippen molar-refractivity contribution in [1.82, 2.24) is 10.3 Å². The van der Waals surface area contributed by atoms with Gasteiger partial charge in [-0.3, -0.25) is 10.1 Å². The van der Waals surface area contributed by atoms with Gasteiger partial charge >= 0.3 is 12.0 Å². The Morgan fingerprint density at radius 1 is 1.64 bits per heavy atom. The lowest BCUT2D eigenvalue weighted by Crippen LogP contribution is -2.33. The van der Waals surface area contributed by atoms with E-state index in [-0.39, 0.29) is 0 Å². The monoisotopic (exact) mass is 215 g/mol. The van der Waals surface area contributed by atoms with Gasteiger partial charge in [0, 0.05) is 11.1 Å². The summed E-state index contributed by atoms with van der Waals surface area (Å²) < 4.78 is 0. The van der Waals surface area contributed by atoms with Crippen molar-refractivity contribution in [2.45, 2.75) is 6.92 Å². The van der Waals surface area contributed by atoms with Gasteiger partial charge in [-0.25, -0.2) is 9.78 Å². The van der Waals surface area contributed by atoms with Crippen LogP contribution in [0.25, 0.3) is 0 Å².